The molecule has 0 aliphatic heterocycles. The topological polar surface area (TPSA) is 72.2 Å². The molecule has 0 heterocycles. The maximum atomic E-state index is 12.8. The molecular weight excluding hydrogens is 317 g/mol. The minimum absolute atomic E-state index is 0.153. The van der Waals surface area contributed by atoms with E-state index in [1.807, 2.05) is 4.72 Å². The Morgan fingerprint density at radius 1 is 1.30 bits per heavy atom. The summed E-state index contributed by atoms with van der Waals surface area (Å²) in [5.41, 5.74) is 3.85. The van der Waals surface area contributed by atoms with E-state index in [0.29, 0.717) is 6.07 Å². The lowest BCUT2D eigenvalue weighted by Crippen LogP contribution is -2.26. The van der Waals surface area contributed by atoms with E-state index in [1.165, 1.54) is 12.2 Å². The minimum atomic E-state index is -4.82. The molecular formula is C11H12ClF3N2O2S. The Morgan fingerprint density at radius 2 is 1.95 bits per heavy atom. The number of hydrogen-bond acceptors (Lipinski definition) is 3. The Balaban J connectivity index is 3.15. The van der Waals surface area contributed by atoms with Gasteiger partial charge >= 0.3 is 6.18 Å². The number of hydrogen-bond donors (Lipinski definition) is 2. The molecule has 0 fully saturated rings. The highest BCUT2D eigenvalue weighted by Gasteiger charge is 2.37. The fourth-order valence-corrected chi connectivity index (χ4v) is 2.73. The van der Waals surface area contributed by atoms with Crippen LogP contribution in [-0.4, -0.2) is 21.5 Å². The van der Waals surface area contributed by atoms with Gasteiger partial charge in [-0.25, -0.2) is 13.1 Å². The number of sulfonamides is 1. The van der Waals surface area contributed by atoms with E-state index in [9.17, 15) is 21.6 Å². The maximum absolute atomic E-state index is 12.8. The first-order chi connectivity index (χ1) is 9.18. The van der Waals surface area contributed by atoms with Crippen molar-refractivity contribution < 1.29 is 21.6 Å². The molecule has 4 nitrogen and oxygen atoms in total. The zero-order chi connectivity index (χ0) is 15.4. The number of alkyl halides is 3. The van der Waals surface area contributed by atoms with Crippen molar-refractivity contribution in [2.24, 2.45) is 5.73 Å². The quantitative estimate of drug-likeness (QED) is 0.814. The summed E-state index contributed by atoms with van der Waals surface area (Å²) in [6, 6.07) is 2.48. The largest absolute Gasteiger partial charge is 0.417 e. The van der Waals surface area contributed by atoms with Gasteiger partial charge in [0.2, 0.25) is 10.0 Å². The van der Waals surface area contributed by atoms with Crippen molar-refractivity contribution >= 4 is 21.6 Å². The number of rotatable bonds is 5. The molecule has 20 heavy (non-hydrogen) atoms. The zero-order valence-electron chi connectivity index (χ0n) is 10.1. The van der Waals surface area contributed by atoms with Gasteiger partial charge < -0.3 is 5.73 Å². The highest BCUT2D eigenvalue weighted by atomic mass is 35.5. The summed E-state index contributed by atoms with van der Waals surface area (Å²) in [6.07, 6.45) is -1.93. The van der Waals surface area contributed by atoms with Crippen LogP contribution in [0, 0.1) is 0 Å². The van der Waals surface area contributed by atoms with E-state index in [2.05, 4.69) is 0 Å². The molecule has 9 heteroatoms. The summed E-state index contributed by atoms with van der Waals surface area (Å²) >= 11 is 5.48. The Hall–Kier alpha value is -1.09. The van der Waals surface area contributed by atoms with Crippen LogP contribution < -0.4 is 10.5 Å². The van der Waals surface area contributed by atoms with Gasteiger partial charge in [0.1, 0.15) is 0 Å². The molecule has 0 saturated carbocycles. The molecule has 0 aromatic heterocycles. The van der Waals surface area contributed by atoms with Crippen molar-refractivity contribution in [3.63, 3.8) is 0 Å². The molecule has 0 spiro atoms. The Bertz CT molecular complexity index is 600. The van der Waals surface area contributed by atoms with Crippen LogP contribution >= 0.6 is 11.6 Å². The van der Waals surface area contributed by atoms with Gasteiger partial charge in [0, 0.05) is 18.1 Å². The fourth-order valence-electron chi connectivity index (χ4n) is 1.37. The first-order valence-electron chi connectivity index (χ1n) is 5.40. The Kier molecular flexibility index (Phi) is 5.58. The van der Waals surface area contributed by atoms with Crippen LogP contribution in [0.3, 0.4) is 0 Å². The lowest BCUT2D eigenvalue weighted by atomic mass is 10.2. The normalized spacial score (nSPS) is 13.1. The molecule has 1 rings (SSSR count). The van der Waals surface area contributed by atoms with E-state index in [-0.39, 0.29) is 18.1 Å². The third-order valence-corrected chi connectivity index (χ3v) is 3.95. The zero-order valence-corrected chi connectivity index (χ0v) is 11.7. The maximum Gasteiger partial charge on any atom is 0.417 e. The molecule has 0 radical (unpaired) electrons. The highest BCUT2D eigenvalue weighted by molar-refractivity contribution is 7.89. The first-order valence-corrected chi connectivity index (χ1v) is 7.26. The van der Waals surface area contributed by atoms with E-state index < -0.39 is 26.7 Å². The molecule has 3 N–H and O–H groups in total. The summed E-state index contributed by atoms with van der Waals surface area (Å²) in [6.45, 7) is 0.0515. The molecule has 1 aromatic rings. The van der Waals surface area contributed by atoms with Crippen LogP contribution in [0.5, 0.6) is 0 Å². The minimum Gasteiger partial charge on any atom is -0.327 e. The smallest absolute Gasteiger partial charge is 0.327 e. The average Bonchev–Trinajstić information content (AvgIpc) is 2.33. The summed E-state index contributed by atoms with van der Waals surface area (Å²) < 4.78 is 64.2. The van der Waals surface area contributed by atoms with E-state index in [0.717, 1.165) is 12.1 Å². The summed E-state index contributed by atoms with van der Waals surface area (Å²) in [7, 11) is -4.29. The van der Waals surface area contributed by atoms with Crippen molar-refractivity contribution in [3.8, 4) is 0 Å². The molecule has 0 unspecified atom stereocenters. The van der Waals surface area contributed by atoms with Crippen molar-refractivity contribution in [2.45, 2.75) is 11.1 Å². The van der Waals surface area contributed by atoms with Gasteiger partial charge in [-0.2, -0.15) is 13.2 Å². The molecule has 0 bridgehead atoms. The molecule has 0 aliphatic rings. The standard InChI is InChI=1S/C11H12ClF3N2O2S/c12-8-3-4-10(9(7-8)11(13,14)15)20(18,19)17-6-2-1-5-16/h1-4,7,17H,5-6,16H2/b2-1+. The molecule has 0 saturated heterocycles. The van der Waals surface area contributed by atoms with Crippen LogP contribution in [0.15, 0.2) is 35.2 Å². The van der Waals surface area contributed by atoms with Crippen molar-refractivity contribution in [1.82, 2.24) is 4.72 Å². The number of nitrogens with one attached hydrogen (secondary N) is 1. The summed E-state index contributed by atoms with van der Waals surface area (Å²) in [5, 5.41) is -0.195. The Morgan fingerprint density at radius 3 is 2.50 bits per heavy atom. The lowest BCUT2D eigenvalue weighted by molar-refractivity contribution is -0.139. The molecule has 0 amide bonds. The SMILES string of the molecule is NC/C=C/CNS(=O)(=O)c1ccc(Cl)cc1C(F)(F)F. The van der Waals surface area contributed by atoms with Gasteiger partial charge in [-0.05, 0) is 18.2 Å². The number of halogens is 4. The third-order valence-electron chi connectivity index (χ3n) is 2.23. The predicted molar refractivity (Wildman–Crippen MR) is 69.8 cm³/mol. The second kappa shape index (κ2) is 6.57. The average molecular weight is 329 g/mol. The fraction of sp³-hybridized carbons (Fsp3) is 0.273. The number of benzene rings is 1. The van der Waals surface area contributed by atoms with E-state index in [4.69, 9.17) is 17.3 Å². The van der Waals surface area contributed by atoms with Crippen molar-refractivity contribution in [3.05, 3.63) is 40.9 Å². The summed E-state index contributed by atoms with van der Waals surface area (Å²) in [5.74, 6) is 0. The van der Waals surface area contributed by atoms with Crippen LogP contribution in [0.4, 0.5) is 13.2 Å². The van der Waals surface area contributed by atoms with E-state index in [1.54, 1.807) is 0 Å². The van der Waals surface area contributed by atoms with Crippen LogP contribution in [0.1, 0.15) is 5.56 Å². The third kappa shape index (κ3) is 4.48. The van der Waals surface area contributed by atoms with Crippen LogP contribution in [0.2, 0.25) is 5.02 Å². The molecule has 112 valence electrons. The van der Waals surface area contributed by atoms with Crippen molar-refractivity contribution in [1.29, 1.82) is 0 Å². The molecule has 0 aliphatic carbocycles. The lowest BCUT2D eigenvalue weighted by Gasteiger charge is -2.13. The summed E-state index contributed by atoms with van der Waals surface area (Å²) in [4.78, 5) is -0.865. The highest BCUT2D eigenvalue weighted by Crippen LogP contribution is 2.35. The van der Waals surface area contributed by atoms with Crippen LogP contribution in [0.25, 0.3) is 0 Å². The number of nitrogens with two attached hydrogens (primary N) is 1. The van der Waals surface area contributed by atoms with E-state index >= 15 is 0 Å². The van der Waals surface area contributed by atoms with Gasteiger partial charge in [0.15, 0.2) is 0 Å². The molecule has 1 aromatic carbocycles. The van der Waals surface area contributed by atoms with Gasteiger partial charge in [0.05, 0.1) is 10.5 Å². The first kappa shape index (κ1) is 17.0. The van der Waals surface area contributed by atoms with Gasteiger partial charge in [-0.1, -0.05) is 23.8 Å². The molecule has 0 atom stereocenters. The van der Waals surface area contributed by atoms with Crippen molar-refractivity contribution in [2.75, 3.05) is 13.1 Å². The monoisotopic (exact) mass is 328 g/mol. The Labute approximate surface area is 119 Å². The second-order valence-corrected chi connectivity index (χ2v) is 5.87. The van der Waals surface area contributed by atoms with Gasteiger partial charge in [0.25, 0.3) is 0 Å². The van der Waals surface area contributed by atoms with Gasteiger partial charge in [-0.3, -0.25) is 0 Å². The predicted octanol–water partition coefficient (Wildman–Crippen LogP) is 2.15. The van der Waals surface area contributed by atoms with Crippen LogP contribution in [-0.2, 0) is 16.2 Å². The van der Waals surface area contributed by atoms with Gasteiger partial charge in [-0.15, -0.1) is 0 Å². The second-order valence-electron chi connectivity index (χ2n) is 3.70.